The van der Waals surface area contributed by atoms with E-state index in [0.717, 1.165) is 12.8 Å². The van der Waals surface area contributed by atoms with Gasteiger partial charge in [0.1, 0.15) is 0 Å². The molecule has 0 saturated carbocycles. The van der Waals surface area contributed by atoms with Crippen molar-refractivity contribution in [2.45, 2.75) is 19.8 Å². The van der Waals surface area contributed by atoms with E-state index in [2.05, 4.69) is 36.1 Å². The average molecular weight is 228 g/mol. The molecule has 2 rings (SSSR count). The van der Waals surface area contributed by atoms with E-state index in [4.69, 9.17) is 5.26 Å². The van der Waals surface area contributed by atoms with Crippen molar-refractivity contribution < 1.29 is 10.1 Å². The van der Waals surface area contributed by atoms with Gasteiger partial charge in [-0.15, -0.1) is 0 Å². The first kappa shape index (κ1) is 11.7. The van der Waals surface area contributed by atoms with Crippen molar-refractivity contribution in [1.82, 2.24) is 0 Å². The van der Waals surface area contributed by atoms with E-state index in [1.165, 1.54) is 16.7 Å². The lowest BCUT2D eigenvalue weighted by atomic mass is 10.0. The Hall–Kier alpha value is -1.80. The number of hydrogen-bond donors (Lipinski definition) is 1. The van der Waals surface area contributed by atoms with Crippen molar-refractivity contribution in [1.29, 1.82) is 0 Å². The Kier molecular flexibility index (Phi) is 3.78. The van der Waals surface area contributed by atoms with Gasteiger partial charge in [0.05, 0.1) is 0 Å². The van der Waals surface area contributed by atoms with Gasteiger partial charge in [-0.25, -0.2) is 5.26 Å². The van der Waals surface area contributed by atoms with Gasteiger partial charge in [0, 0.05) is 0 Å². The number of rotatable bonds is 4. The Morgan fingerprint density at radius 1 is 0.941 bits per heavy atom. The van der Waals surface area contributed by atoms with Crippen LogP contribution >= 0.6 is 0 Å². The monoisotopic (exact) mass is 228 g/mol. The van der Waals surface area contributed by atoms with Gasteiger partial charge in [-0.05, 0) is 43.0 Å². The summed E-state index contributed by atoms with van der Waals surface area (Å²) in [6, 6.07) is 16.0. The molecule has 2 aromatic rings. The van der Waals surface area contributed by atoms with Crippen LogP contribution in [0.25, 0.3) is 0 Å². The van der Waals surface area contributed by atoms with Gasteiger partial charge < -0.3 is 4.89 Å². The molecule has 0 amide bonds. The van der Waals surface area contributed by atoms with Crippen molar-refractivity contribution in [3.63, 3.8) is 0 Å². The van der Waals surface area contributed by atoms with E-state index in [1.54, 1.807) is 12.1 Å². The van der Waals surface area contributed by atoms with Crippen LogP contribution in [-0.2, 0) is 12.8 Å². The van der Waals surface area contributed by atoms with Gasteiger partial charge in [0.2, 0.25) is 0 Å². The summed E-state index contributed by atoms with van der Waals surface area (Å²) in [5.74, 6) is 0.476. The van der Waals surface area contributed by atoms with Gasteiger partial charge >= 0.3 is 0 Å². The fraction of sp³-hybridized carbons (Fsp3) is 0.200. The van der Waals surface area contributed by atoms with Gasteiger partial charge in [0.15, 0.2) is 5.75 Å². The summed E-state index contributed by atoms with van der Waals surface area (Å²) in [7, 11) is 0. The lowest BCUT2D eigenvalue weighted by molar-refractivity contribution is -0.137. The van der Waals surface area contributed by atoms with Crippen molar-refractivity contribution in [3.05, 3.63) is 65.2 Å². The molecule has 0 aliphatic heterocycles. The first-order chi connectivity index (χ1) is 8.28. The third kappa shape index (κ3) is 3.33. The Morgan fingerprint density at radius 2 is 1.65 bits per heavy atom. The molecule has 17 heavy (non-hydrogen) atoms. The van der Waals surface area contributed by atoms with E-state index in [1.807, 2.05) is 12.1 Å². The molecular formula is C15H16O2. The highest BCUT2D eigenvalue weighted by Crippen LogP contribution is 2.13. The number of benzene rings is 2. The zero-order valence-corrected chi connectivity index (χ0v) is 9.89. The molecule has 0 unspecified atom stereocenters. The average Bonchev–Trinajstić information content (AvgIpc) is 2.37. The molecule has 0 aromatic heterocycles. The van der Waals surface area contributed by atoms with E-state index < -0.39 is 0 Å². The Balaban J connectivity index is 1.97. The molecule has 0 atom stereocenters. The van der Waals surface area contributed by atoms with Crippen molar-refractivity contribution >= 4 is 0 Å². The maximum Gasteiger partial charge on any atom is 0.165 e. The van der Waals surface area contributed by atoms with Crippen LogP contribution in [0.5, 0.6) is 5.75 Å². The zero-order valence-electron chi connectivity index (χ0n) is 9.89. The van der Waals surface area contributed by atoms with Crippen LogP contribution < -0.4 is 4.89 Å². The second-order valence-electron chi connectivity index (χ2n) is 4.22. The minimum atomic E-state index is 0.476. The summed E-state index contributed by atoms with van der Waals surface area (Å²) in [5.41, 5.74) is 3.89. The number of hydrogen-bond acceptors (Lipinski definition) is 2. The molecule has 0 aliphatic carbocycles. The topological polar surface area (TPSA) is 29.5 Å². The summed E-state index contributed by atoms with van der Waals surface area (Å²) < 4.78 is 0. The quantitative estimate of drug-likeness (QED) is 0.639. The highest BCUT2D eigenvalue weighted by Gasteiger charge is 1.97. The van der Waals surface area contributed by atoms with Crippen LogP contribution in [0.2, 0.25) is 0 Å². The summed E-state index contributed by atoms with van der Waals surface area (Å²) in [5, 5.41) is 8.47. The van der Waals surface area contributed by atoms with E-state index in [-0.39, 0.29) is 0 Å². The van der Waals surface area contributed by atoms with Crippen LogP contribution in [0.15, 0.2) is 48.5 Å². The highest BCUT2D eigenvalue weighted by molar-refractivity contribution is 5.28. The second-order valence-corrected chi connectivity index (χ2v) is 4.22. The Bertz CT molecular complexity index is 475. The molecular weight excluding hydrogens is 212 g/mol. The molecule has 2 aromatic carbocycles. The fourth-order valence-electron chi connectivity index (χ4n) is 1.87. The predicted octanol–water partition coefficient (Wildman–Crippen LogP) is 3.63. The molecule has 1 N–H and O–H groups in total. The van der Waals surface area contributed by atoms with Gasteiger partial charge in [-0.2, -0.15) is 0 Å². The summed E-state index contributed by atoms with van der Waals surface area (Å²) >= 11 is 0. The normalized spacial score (nSPS) is 10.2. The van der Waals surface area contributed by atoms with Gasteiger partial charge in [0.25, 0.3) is 0 Å². The largest absolute Gasteiger partial charge is 0.340 e. The molecule has 0 aliphatic rings. The molecule has 88 valence electrons. The van der Waals surface area contributed by atoms with E-state index in [9.17, 15) is 0 Å². The predicted molar refractivity (Wildman–Crippen MR) is 68.3 cm³/mol. The van der Waals surface area contributed by atoms with Crippen LogP contribution in [0, 0.1) is 6.92 Å². The van der Waals surface area contributed by atoms with Gasteiger partial charge in [-0.3, -0.25) is 0 Å². The molecule has 0 saturated heterocycles. The van der Waals surface area contributed by atoms with E-state index in [0.29, 0.717) is 5.75 Å². The fourth-order valence-corrected chi connectivity index (χ4v) is 1.87. The molecule has 2 nitrogen and oxygen atoms in total. The maximum absolute atomic E-state index is 8.47. The minimum absolute atomic E-state index is 0.476. The first-order valence-electron chi connectivity index (χ1n) is 5.74. The standard InChI is InChI=1S/C15H16O2/c1-12-3-2-4-14(11-12)6-5-13-7-9-15(17-16)10-8-13/h2-4,7-11,16H,5-6H2,1H3. The summed E-state index contributed by atoms with van der Waals surface area (Å²) in [6.45, 7) is 2.11. The maximum atomic E-state index is 8.47. The van der Waals surface area contributed by atoms with Crippen molar-refractivity contribution in [2.75, 3.05) is 0 Å². The third-order valence-corrected chi connectivity index (χ3v) is 2.81. The van der Waals surface area contributed by atoms with Crippen LogP contribution in [0.1, 0.15) is 16.7 Å². The molecule has 0 spiro atoms. The lowest BCUT2D eigenvalue weighted by Crippen LogP contribution is -1.92. The molecule has 0 bridgehead atoms. The first-order valence-corrected chi connectivity index (χ1v) is 5.74. The molecule has 0 radical (unpaired) electrons. The Morgan fingerprint density at radius 3 is 2.29 bits per heavy atom. The number of aryl methyl sites for hydroxylation is 3. The smallest absolute Gasteiger partial charge is 0.165 e. The van der Waals surface area contributed by atoms with E-state index >= 15 is 0 Å². The lowest BCUT2D eigenvalue weighted by Gasteiger charge is -2.04. The van der Waals surface area contributed by atoms with Crippen molar-refractivity contribution in [2.24, 2.45) is 0 Å². The van der Waals surface area contributed by atoms with Gasteiger partial charge in [-0.1, -0.05) is 42.0 Å². The van der Waals surface area contributed by atoms with Crippen LogP contribution in [0.4, 0.5) is 0 Å². The van der Waals surface area contributed by atoms with Crippen LogP contribution in [-0.4, -0.2) is 5.26 Å². The molecule has 2 heteroatoms. The molecule has 0 heterocycles. The zero-order chi connectivity index (χ0) is 12.1. The summed E-state index contributed by atoms with van der Waals surface area (Å²) in [4.78, 5) is 4.15. The molecule has 0 fully saturated rings. The Labute approximate surface area is 101 Å². The van der Waals surface area contributed by atoms with Crippen LogP contribution in [0.3, 0.4) is 0 Å². The highest BCUT2D eigenvalue weighted by atomic mass is 17.1. The SMILES string of the molecule is Cc1cccc(CCc2ccc(OO)cc2)c1. The summed E-state index contributed by atoms with van der Waals surface area (Å²) in [6.07, 6.45) is 2.02. The second kappa shape index (κ2) is 5.51. The van der Waals surface area contributed by atoms with Crippen molar-refractivity contribution in [3.8, 4) is 5.75 Å². The third-order valence-electron chi connectivity index (χ3n) is 2.81. The minimum Gasteiger partial charge on any atom is -0.340 e.